The second kappa shape index (κ2) is 18.5. The van der Waals surface area contributed by atoms with E-state index in [-0.39, 0.29) is 10.8 Å². The van der Waals surface area contributed by atoms with Gasteiger partial charge in [0.25, 0.3) is 0 Å². The summed E-state index contributed by atoms with van der Waals surface area (Å²) in [5.74, 6) is 0.573. The first-order valence-electron chi connectivity index (χ1n) is 17.6. The van der Waals surface area contributed by atoms with Gasteiger partial charge in [-0.15, -0.1) is 62.5 Å². The Balaban J connectivity index is 0.000000234. The van der Waals surface area contributed by atoms with Gasteiger partial charge in [-0.05, 0) is 45.9 Å². The number of rotatable bonds is 3. The van der Waals surface area contributed by atoms with E-state index in [0.29, 0.717) is 5.92 Å². The van der Waals surface area contributed by atoms with Crippen LogP contribution >= 0.6 is 17.0 Å². The summed E-state index contributed by atoms with van der Waals surface area (Å²) in [7, 11) is 11.0. The zero-order valence-corrected chi connectivity index (χ0v) is 37.5. The summed E-state index contributed by atoms with van der Waals surface area (Å²) < 4.78 is 0. The first kappa shape index (κ1) is 42.2. The van der Waals surface area contributed by atoms with Crippen molar-refractivity contribution < 1.29 is 20.8 Å². The van der Waals surface area contributed by atoms with Crippen molar-refractivity contribution in [1.29, 1.82) is 0 Å². The second-order valence-corrected chi connectivity index (χ2v) is 20.5. The standard InChI is InChI=1S/2C22H25.C2H6Si.2ClH.Zr/c1-14-11-19-15(2)13-16(3)21(20(19)12-14)17-7-9-18(10-8-17)22(4,5)6;1-15(2)18-13-17-7-6-8-20(21(17)14-18)16-9-11-19(12-10-16)22(3,4)5;1-3-2;;;/h7-13H,1-6H3;6-15H,1-5H3;1-2H3;2*1H;/q2*-1;;;;+4/p-2. The van der Waals surface area contributed by atoms with Crippen LogP contribution in [0, 0.1) is 20.8 Å². The van der Waals surface area contributed by atoms with Gasteiger partial charge in [0.15, 0.2) is 0 Å². The summed E-state index contributed by atoms with van der Waals surface area (Å²) in [6.07, 6.45) is 0. The SMILES string of the molecule is CC(C)c1cc2c(-c3ccc(C(C)(C)C)cc3)cccc2[cH-]1.C[Si]C.Cc1cc2c(-c3ccc(C(C)(C)C)cc3)c(C)cc(C)c2[cH-]1.[Cl][Zr+2][Cl]. The fourth-order valence-electron chi connectivity index (χ4n) is 6.39. The van der Waals surface area contributed by atoms with Gasteiger partial charge in [0, 0.05) is 9.52 Å². The summed E-state index contributed by atoms with van der Waals surface area (Å²) in [5, 5.41) is 5.49. The molecule has 0 saturated carbocycles. The van der Waals surface area contributed by atoms with Crippen molar-refractivity contribution in [2.45, 2.75) is 106 Å². The Labute approximate surface area is 325 Å². The molecule has 2 radical (unpaired) electrons. The Morgan fingerprint density at radius 3 is 1.62 bits per heavy atom. The third-order valence-corrected chi connectivity index (χ3v) is 9.10. The van der Waals surface area contributed by atoms with E-state index in [2.05, 4.69) is 186 Å². The third-order valence-electron chi connectivity index (χ3n) is 9.10. The number of fused-ring (bicyclic) bond motifs is 2. The Morgan fingerprint density at radius 2 is 1.14 bits per heavy atom. The molecule has 6 aromatic rings. The Hall–Kier alpha value is -2.22. The van der Waals surface area contributed by atoms with E-state index in [1.165, 1.54) is 77.2 Å². The van der Waals surface area contributed by atoms with Crippen LogP contribution in [0.25, 0.3) is 43.8 Å². The number of halogens is 2. The summed E-state index contributed by atoms with van der Waals surface area (Å²) in [6, 6.07) is 36.4. The van der Waals surface area contributed by atoms with Crippen molar-refractivity contribution in [2.24, 2.45) is 0 Å². The first-order chi connectivity index (χ1) is 23.5. The van der Waals surface area contributed by atoms with E-state index in [4.69, 9.17) is 17.0 Å². The van der Waals surface area contributed by atoms with Crippen molar-refractivity contribution >= 4 is 48.1 Å². The molecule has 0 amide bonds. The molecule has 0 heterocycles. The zero-order chi connectivity index (χ0) is 37.4. The summed E-state index contributed by atoms with van der Waals surface area (Å²) in [6.45, 7) is 29.0. The minimum absolute atomic E-state index is 0.201. The molecule has 0 nitrogen and oxygen atoms in total. The van der Waals surface area contributed by atoms with Crippen molar-refractivity contribution in [3.63, 3.8) is 0 Å². The van der Waals surface area contributed by atoms with Crippen LogP contribution in [-0.2, 0) is 31.7 Å². The van der Waals surface area contributed by atoms with E-state index >= 15 is 0 Å². The van der Waals surface area contributed by atoms with Crippen molar-refractivity contribution in [3.8, 4) is 22.3 Å². The van der Waals surface area contributed by atoms with Crippen LogP contribution in [0.4, 0.5) is 0 Å². The van der Waals surface area contributed by atoms with Crippen LogP contribution in [0.15, 0.2) is 97.1 Å². The Kier molecular flexibility index (Phi) is 15.6. The average Bonchev–Trinajstić information content (AvgIpc) is 3.66. The summed E-state index contributed by atoms with van der Waals surface area (Å²) in [5.41, 5.74) is 14.0. The monoisotopic (exact) mass is 796 g/mol. The van der Waals surface area contributed by atoms with E-state index in [1.807, 2.05) is 0 Å². The molecule has 0 N–H and O–H groups in total. The van der Waals surface area contributed by atoms with Gasteiger partial charge in [-0.2, -0.15) is 12.1 Å². The van der Waals surface area contributed by atoms with Gasteiger partial charge < -0.3 is 0 Å². The molecular formula is C46H56Cl2SiZr. The normalized spacial score (nSPS) is 11.3. The molecule has 50 heavy (non-hydrogen) atoms. The Bertz CT molecular complexity index is 1940. The van der Waals surface area contributed by atoms with Gasteiger partial charge in [0.05, 0.1) is 0 Å². The number of hydrogen-bond donors (Lipinski definition) is 0. The van der Waals surface area contributed by atoms with Gasteiger partial charge in [0.2, 0.25) is 0 Å². The Morgan fingerprint density at radius 1 is 0.640 bits per heavy atom. The number of aryl methyl sites for hydroxylation is 3. The van der Waals surface area contributed by atoms with Gasteiger partial charge >= 0.3 is 37.9 Å². The van der Waals surface area contributed by atoms with E-state index in [1.54, 1.807) is 0 Å². The van der Waals surface area contributed by atoms with E-state index in [0.717, 1.165) is 9.52 Å². The third kappa shape index (κ3) is 10.9. The molecule has 0 aliphatic rings. The molecule has 0 aliphatic heterocycles. The molecule has 0 fully saturated rings. The van der Waals surface area contributed by atoms with Crippen LogP contribution in [0.2, 0.25) is 13.1 Å². The van der Waals surface area contributed by atoms with Gasteiger partial charge in [-0.1, -0.05) is 160 Å². The molecule has 6 aromatic carbocycles. The molecule has 0 spiro atoms. The van der Waals surface area contributed by atoms with Crippen LogP contribution in [0.5, 0.6) is 0 Å². The number of benzene rings is 4. The molecule has 0 saturated heterocycles. The number of hydrogen-bond acceptors (Lipinski definition) is 0. The molecule has 0 aliphatic carbocycles. The van der Waals surface area contributed by atoms with Gasteiger partial charge in [-0.25, -0.2) is 0 Å². The van der Waals surface area contributed by atoms with Crippen molar-refractivity contribution in [1.82, 2.24) is 0 Å². The van der Waals surface area contributed by atoms with Crippen LogP contribution in [0.1, 0.15) is 94.7 Å². The van der Waals surface area contributed by atoms with Crippen LogP contribution in [0.3, 0.4) is 0 Å². The first-order valence-corrected chi connectivity index (χ1v) is 25.9. The fourth-order valence-corrected chi connectivity index (χ4v) is 6.39. The quantitative estimate of drug-likeness (QED) is 0.124. The second-order valence-electron chi connectivity index (χ2n) is 15.7. The van der Waals surface area contributed by atoms with Gasteiger partial charge in [-0.3, -0.25) is 0 Å². The minimum atomic E-state index is -0.826. The average molecular weight is 799 g/mol. The van der Waals surface area contributed by atoms with E-state index in [9.17, 15) is 0 Å². The molecule has 0 atom stereocenters. The maximum atomic E-state index is 4.93. The predicted molar refractivity (Wildman–Crippen MR) is 225 cm³/mol. The molecular weight excluding hydrogens is 743 g/mol. The van der Waals surface area contributed by atoms with Crippen molar-refractivity contribution in [3.05, 3.63) is 130 Å². The molecule has 0 unspecified atom stereocenters. The van der Waals surface area contributed by atoms with E-state index < -0.39 is 20.8 Å². The molecule has 0 bridgehead atoms. The van der Waals surface area contributed by atoms with Crippen molar-refractivity contribution in [2.75, 3.05) is 0 Å². The maximum absolute atomic E-state index is 4.93. The summed E-state index contributed by atoms with van der Waals surface area (Å²) in [4.78, 5) is 0. The zero-order valence-electron chi connectivity index (χ0n) is 32.6. The summed E-state index contributed by atoms with van der Waals surface area (Å²) >= 11 is -0.826. The van der Waals surface area contributed by atoms with Crippen LogP contribution in [-0.4, -0.2) is 9.52 Å². The predicted octanol–water partition coefficient (Wildman–Crippen LogP) is 15.3. The molecule has 262 valence electrons. The molecule has 4 heteroatoms. The topological polar surface area (TPSA) is 0 Å². The molecule has 0 aromatic heterocycles. The van der Waals surface area contributed by atoms with Gasteiger partial charge in [0.1, 0.15) is 0 Å². The fraction of sp³-hybridized carbons (Fsp3) is 0.348. The van der Waals surface area contributed by atoms with Crippen LogP contribution < -0.4 is 0 Å². The molecule has 6 rings (SSSR count).